The van der Waals surface area contributed by atoms with Gasteiger partial charge in [-0.15, -0.1) is 0 Å². The van der Waals surface area contributed by atoms with Crippen molar-refractivity contribution in [1.29, 1.82) is 0 Å². The summed E-state index contributed by atoms with van der Waals surface area (Å²) < 4.78 is 17.1. The zero-order chi connectivity index (χ0) is 30.1. The fraction of sp³-hybridized carbons (Fsp3) is 0.344. The molecule has 0 radical (unpaired) electrons. The highest BCUT2D eigenvalue weighted by Gasteiger charge is 2.23. The Bertz CT molecular complexity index is 1360. The lowest BCUT2D eigenvalue weighted by Gasteiger charge is -2.36. The number of benzene rings is 3. The maximum atomic E-state index is 13.0. The second-order valence-corrected chi connectivity index (χ2v) is 10.1. The topological polar surface area (TPSA) is 92.4 Å². The van der Waals surface area contributed by atoms with Gasteiger partial charge in [-0.1, -0.05) is 17.7 Å². The van der Waals surface area contributed by atoms with Crippen molar-refractivity contribution < 1.29 is 23.8 Å². The normalized spacial score (nSPS) is 12.9. The van der Waals surface area contributed by atoms with Crippen LogP contribution in [0.15, 0.2) is 60.7 Å². The number of carbonyl (C=O) groups is 2. The van der Waals surface area contributed by atoms with Crippen molar-refractivity contribution in [3.05, 3.63) is 77.4 Å². The summed E-state index contributed by atoms with van der Waals surface area (Å²) in [7, 11) is 0. The van der Waals surface area contributed by atoms with Gasteiger partial charge in [0.1, 0.15) is 0 Å². The largest absolute Gasteiger partial charge is 0.490 e. The van der Waals surface area contributed by atoms with Gasteiger partial charge < -0.3 is 29.3 Å². The Balaban J connectivity index is 1.33. The molecule has 1 aliphatic rings. The molecule has 0 saturated carbocycles. The molecule has 0 atom stereocenters. The van der Waals surface area contributed by atoms with Gasteiger partial charge in [-0.25, -0.2) is 0 Å². The number of hydrogen-bond donors (Lipinski definition) is 2. The van der Waals surface area contributed by atoms with E-state index in [1.807, 2.05) is 81.1 Å². The molecule has 1 saturated heterocycles. The summed E-state index contributed by atoms with van der Waals surface area (Å²) >= 11 is 5.41. The van der Waals surface area contributed by atoms with E-state index in [4.69, 9.17) is 26.4 Å². The van der Waals surface area contributed by atoms with Crippen LogP contribution in [-0.4, -0.2) is 67.8 Å². The molecule has 3 aromatic carbocycles. The van der Waals surface area contributed by atoms with Crippen LogP contribution >= 0.6 is 12.2 Å². The average molecular weight is 591 g/mol. The Morgan fingerprint density at radius 1 is 0.786 bits per heavy atom. The Kier molecular flexibility index (Phi) is 10.6. The lowest BCUT2D eigenvalue weighted by molar-refractivity contribution is 0.0746. The molecule has 1 aliphatic heterocycles. The van der Waals surface area contributed by atoms with Gasteiger partial charge in [0.05, 0.1) is 19.8 Å². The number of aryl methyl sites for hydroxylation is 1. The molecule has 42 heavy (non-hydrogen) atoms. The molecular formula is C32H38N4O5S. The molecule has 222 valence electrons. The fourth-order valence-electron chi connectivity index (χ4n) is 4.66. The van der Waals surface area contributed by atoms with Gasteiger partial charge in [-0.2, -0.15) is 0 Å². The lowest BCUT2D eigenvalue weighted by Crippen LogP contribution is -2.48. The summed E-state index contributed by atoms with van der Waals surface area (Å²) in [5, 5.41) is 5.96. The van der Waals surface area contributed by atoms with Gasteiger partial charge in [0.2, 0.25) is 5.75 Å². The molecule has 0 aliphatic carbocycles. The number of rotatable bonds is 10. The van der Waals surface area contributed by atoms with E-state index < -0.39 is 5.91 Å². The van der Waals surface area contributed by atoms with Crippen molar-refractivity contribution in [2.75, 3.05) is 56.2 Å². The lowest BCUT2D eigenvalue weighted by atomic mass is 10.1. The summed E-state index contributed by atoms with van der Waals surface area (Å²) in [6.45, 7) is 11.7. The number of hydrogen-bond acceptors (Lipinski definition) is 7. The van der Waals surface area contributed by atoms with E-state index in [0.717, 1.165) is 35.6 Å². The van der Waals surface area contributed by atoms with Gasteiger partial charge >= 0.3 is 0 Å². The van der Waals surface area contributed by atoms with Crippen molar-refractivity contribution in [3.63, 3.8) is 0 Å². The molecular weight excluding hydrogens is 552 g/mol. The third-order valence-electron chi connectivity index (χ3n) is 6.75. The van der Waals surface area contributed by atoms with Crippen molar-refractivity contribution in [1.82, 2.24) is 10.2 Å². The molecule has 0 bridgehead atoms. The third-order valence-corrected chi connectivity index (χ3v) is 6.96. The number of thiocarbonyl (C=S) groups is 1. The summed E-state index contributed by atoms with van der Waals surface area (Å²) in [5.74, 6) is 1.01. The van der Waals surface area contributed by atoms with Crippen LogP contribution in [0.4, 0.5) is 11.4 Å². The summed E-state index contributed by atoms with van der Waals surface area (Å²) in [4.78, 5) is 30.0. The quantitative estimate of drug-likeness (QED) is 0.308. The number of nitrogens with zero attached hydrogens (tertiary/aromatic N) is 2. The SMILES string of the molecule is CCOc1cc(C(=O)NC(=S)Nc2ccc(N3CCN(C(=O)c4ccc(C)cc4)CC3)cc2)cc(OCC)c1OCC. The Morgan fingerprint density at radius 2 is 1.36 bits per heavy atom. The molecule has 10 heteroatoms. The minimum absolute atomic E-state index is 0.0678. The van der Waals surface area contributed by atoms with Crippen molar-refractivity contribution in [2.24, 2.45) is 0 Å². The minimum atomic E-state index is -0.396. The van der Waals surface area contributed by atoms with Gasteiger partial charge in [0.15, 0.2) is 16.6 Å². The van der Waals surface area contributed by atoms with Crippen LogP contribution in [-0.2, 0) is 0 Å². The zero-order valence-electron chi connectivity index (χ0n) is 24.6. The predicted octanol–water partition coefficient (Wildman–Crippen LogP) is 5.28. The summed E-state index contributed by atoms with van der Waals surface area (Å²) in [6, 6.07) is 18.8. The average Bonchev–Trinajstić information content (AvgIpc) is 2.99. The number of piperazine rings is 1. The highest BCUT2D eigenvalue weighted by atomic mass is 32.1. The first-order valence-corrected chi connectivity index (χ1v) is 14.6. The number of carbonyl (C=O) groups excluding carboxylic acids is 2. The van der Waals surface area contributed by atoms with Crippen LogP contribution in [0, 0.1) is 6.92 Å². The first-order chi connectivity index (χ1) is 20.3. The smallest absolute Gasteiger partial charge is 0.257 e. The van der Waals surface area contributed by atoms with Gasteiger partial charge in [0, 0.05) is 48.7 Å². The maximum Gasteiger partial charge on any atom is 0.257 e. The van der Waals surface area contributed by atoms with E-state index >= 15 is 0 Å². The first-order valence-electron chi connectivity index (χ1n) is 14.2. The van der Waals surface area contributed by atoms with Gasteiger partial charge in [0.25, 0.3) is 11.8 Å². The van der Waals surface area contributed by atoms with E-state index in [9.17, 15) is 9.59 Å². The maximum absolute atomic E-state index is 13.0. The zero-order valence-corrected chi connectivity index (χ0v) is 25.4. The van der Waals surface area contributed by atoms with Crippen LogP contribution in [0.1, 0.15) is 47.1 Å². The number of nitrogens with one attached hydrogen (secondary N) is 2. The first kappa shape index (κ1) is 30.6. The van der Waals surface area contributed by atoms with E-state index in [1.165, 1.54) is 0 Å². The minimum Gasteiger partial charge on any atom is -0.490 e. The monoisotopic (exact) mass is 590 g/mol. The standard InChI is InChI=1S/C32H38N4O5S/c1-5-39-27-20-24(21-28(40-6-2)29(27)41-7-3)30(37)34-32(42)33-25-12-14-26(15-13-25)35-16-18-36(19-17-35)31(38)23-10-8-22(4)9-11-23/h8-15,20-21H,5-7,16-19H2,1-4H3,(H2,33,34,37,42). The number of ether oxygens (including phenoxy) is 3. The van der Waals surface area contributed by atoms with Crippen molar-refractivity contribution in [2.45, 2.75) is 27.7 Å². The van der Waals surface area contributed by atoms with E-state index in [1.54, 1.807) is 12.1 Å². The second-order valence-electron chi connectivity index (χ2n) is 9.70. The van der Waals surface area contributed by atoms with Gasteiger partial charge in [-0.05, 0) is 88.4 Å². The van der Waals surface area contributed by atoms with Crippen LogP contribution in [0.25, 0.3) is 0 Å². The second kappa shape index (κ2) is 14.5. The Labute approximate surface area is 252 Å². The fourth-order valence-corrected chi connectivity index (χ4v) is 4.87. The van der Waals surface area contributed by atoms with Crippen LogP contribution in [0.2, 0.25) is 0 Å². The predicted molar refractivity (Wildman–Crippen MR) is 169 cm³/mol. The molecule has 1 fully saturated rings. The Morgan fingerprint density at radius 3 is 1.90 bits per heavy atom. The molecule has 4 rings (SSSR count). The van der Waals surface area contributed by atoms with E-state index in [0.29, 0.717) is 55.7 Å². The highest BCUT2D eigenvalue weighted by Crippen LogP contribution is 2.39. The summed E-state index contributed by atoms with van der Waals surface area (Å²) in [6.07, 6.45) is 0. The summed E-state index contributed by atoms with van der Waals surface area (Å²) in [5.41, 5.74) is 4.00. The van der Waals surface area contributed by atoms with Gasteiger partial charge in [-0.3, -0.25) is 14.9 Å². The van der Waals surface area contributed by atoms with E-state index in [-0.39, 0.29) is 11.0 Å². The molecule has 0 aromatic heterocycles. The highest BCUT2D eigenvalue weighted by molar-refractivity contribution is 7.80. The molecule has 0 unspecified atom stereocenters. The van der Waals surface area contributed by atoms with E-state index in [2.05, 4.69) is 15.5 Å². The molecule has 3 aromatic rings. The number of amides is 2. The van der Waals surface area contributed by atoms with Crippen LogP contribution in [0.3, 0.4) is 0 Å². The Hall–Kier alpha value is -4.31. The van der Waals surface area contributed by atoms with Crippen LogP contribution in [0.5, 0.6) is 17.2 Å². The molecule has 2 amide bonds. The molecule has 0 spiro atoms. The molecule has 9 nitrogen and oxygen atoms in total. The van der Waals surface area contributed by atoms with Crippen LogP contribution < -0.4 is 29.7 Å². The number of anilines is 2. The van der Waals surface area contributed by atoms with Crippen molar-refractivity contribution >= 4 is 40.5 Å². The van der Waals surface area contributed by atoms with Crippen molar-refractivity contribution in [3.8, 4) is 17.2 Å². The molecule has 2 N–H and O–H groups in total. The third kappa shape index (κ3) is 7.70. The molecule has 1 heterocycles.